The summed E-state index contributed by atoms with van der Waals surface area (Å²) in [5.74, 6) is 1.98. The van der Waals surface area contributed by atoms with Crippen molar-refractivity contribution in [3.8, 4) is 5.75 Å². The van der Waals surface area contributed by atoms with Crippen molar-refractivity contribution >= 4 is 13.2 Å². The highest BCUT2D eigenvalue weighted by molar-refractivity contribution is 6.48. The minimum atomic E-state index is -1.43. The molecule has 1 rings (SSSR count). The van der Waals surface area contributed by atoms with Crippen LogP contribution in [-0.2, 0) is 0 Å². The molecule has 2 N–H and O–H groups in total. The van der Waals surface area contributed by atoms with Gasteiger partial charge in [0.25, 0.3) is 0 Å². The molecule has 0 saturated carbocycles. The molecule has 0 unspecified atom stereocenters. The summed E-state index contributed by atoms with van der Waals surface area (Å²) in [6, 6.07) is 7.35. The molecule has 68 valence electrons. The second kappa shape index (κ2) is 4.69. The van der Waals surface area contributed by atoms with E-state index in [1.54, 1.807) is 13.2 Å². The first-order chi connectivity index (χ1) is 6.24. The summed E-state index contributed by atoms with van der Waals surface area (Å²) in [7, 11) is 0.145. The summed E-state index contributed by atoms with van der Waals surface area (Å²) < 4.78 is 5.06. The van der Waals surface area contributed by atoms with Gasteiger partial charge in [-0.3, -0.25) is 0 Å². The Bertz CT molecular complexity index is 297. The van der Waals surface area contributed by atoms with Gasteiger partial charge in [-0.05, 0) is 6.07 Å². The van der Waals surface area contributed by atoms with Crippen LogP contribution in [0.25, 0.3) is 6.08 Å². The Morgan fingerprint density at radius 2 is 2.00 bits per heavy atom. The molecular weight excluding hydrogens is 167 g/mol. The minimum Gasteiger partial charge on any atom is -0.496 e. The van der Waals surface area contributed by atoms with E-state index in [2.05, 4.69) is 0 Å². The number of ether oxygens (including phenoxy) is 1. The highest BCUT2D eigenvalue weighted by Gasteiger charge is 2.01. The van der Waals surface area contributed by atoms with Crippen molar-refractivity contribution in [2.45, 2.75) is 0 Å². The maximum absolute atomic E-state index is 8.61. The number of hydrogen-bond donors (Lipinski definition) is 2. The van der Waals surface area contributed by atoms with E-state index in [1.807, 2.05) is 24.3 Å². The molecule has 13 heavy (non-hydrogen) atoms. The standard InChI is InChI=1S/C9H11BO3/c1-13-9-5-3-2-4-8(9)6-7-10(11)12/h2-7,11-12H,1H3. The fraction of sp³-hybridized carbons (Fsp3) is 0.111. The average Bonchev–Trinajstić information content (AvgIpc) is 2.15. The van der Waals surface area contributed by atoms with Crippen LogP contribution in [0.4, 0.5) is 0 Å². The lowest BCUT2D eigenvalue weighted by atomic mass is 9.90. The monoisotopic (exact) mass is 178 g/mol. The quantitative estimate of drug-likeness (QED) is 0.670. The third kappa shape index (κ3) is 2.93. The zero-order valence-corrected chi connectivity index (χ0v) is 7.34. The highest BCUT2D eigenvalue weighted by atomic mass is 16.5. The van der Waals surface area contributed by atoms with Gasteiger partial charge in [0.2, 0.25) is 0 Å². The third-order valence-corrected chi connectivity index (χ3v) is 1.59. The Morgan fingerprint density at radius 1 is 1.31 bits per heavy atom. The van der Waals surface area contributed by atoms with Gasteiger partial charge in [0, 0.05) is 5.56 Å². The average molecular weight is 178 g/mol. The molecule has 0 heterocycles. The van der Waals surface area contributed by atoms with Gasteiger partial charge in [-0.15, -0.1) is 0 Å². The number of hydrogen-bond acceptors (Lipinski definition) is 3. The van der Waals surface area contributed by atoms with E-state index < -0.39 is 7.12 Å². The van der Waals surface area contributed by atoms with Gasteiger partial charge in [-0.2, -0.15) is 0 Å². The van der Waals surface area contributed by atoms with Gasteiger partial charge in [-0.25, -0.2) is 0 Å². The van der Waals surface area contributed by atoms with Gasteiger partial charge in [0.05, 0.1) is 7.11 Å². The van der Waals surface area contributed by atoms with Crippen molar-refractivity contribution in [1.82, 2.24) is 0 Å². The first kappa shape index (κ1) is 9.83. The molecule has 4 heteroatoms. The van der Waals surface area contributed by atoms with E-state index in [4.69, 9.17) is 14.8 Å². The van der Waals surface area contributed by atoms with E-state index >= 15 is 0 Å². The molecule has 0 radical (unpaired) electrons. The lowest BCUT2D eigenvalue weighted by molar-refractivity contribution is 0.413. The molecule has 0 atom stereocenters. The normalized spacial score (nSPS) is 10.4. The predicted molar refractivity (Wildman–Crippen MR) is 52.2 cm³/mol. The van der Waals surface area contributed by atoms with Crippen LogP contribution in [0.3, 0.4) is 0 Å². The van der Waals surface area contributed by atoms with Crippen LogP contribution in [0.15, 0.2) is 30.2 Å². The zero-order chi connectivity index (χ0) is 9.68. The van der Waals surface area contributed by atoms with Crippen LogP contribution < -0.4 is 4.74 Å². The Balaban J connectivity index is 2.87. The first-order valence-corrected chi connectivity index (χ1v) is 3.91. The Morgan fingerprint density at radius 3 is 2.62 bits per heavy atom. The van der Waals surface area contributed by atoms with Crippen LogP contribution in [0, 0.1) is 0 Å². The lowest BCUT2D eigenvalue weighted by Crippen LogP contribution is -2.05. The predicted octanol–water partition coefficient (Wildman–Crippen LogP) is 0.720. The maximum Gasteiger partial charge on any atom is 0.480 e. The summed E-state index contributed by atoms with van der Waals surface area (Å²) in [5.41, 5.74) is 0.818. The fourth-order valence-corrected chi connectivity index (χ4v) is 0.994. The largest absolute Gasteiger partial charge is 0.496 e. The molecule has 0 aliphatic heterocycles. The van der Waals surface area contributed by atoms with E-state index in [0.29, 0.717) is 5.75 Å². The lowest BCUT2D eigenvalue weighted by Gasteiger charge is -2.02. The van der Waals surface area contributed by atoms with Gasteiger partial charge in [0.1, 0.15) is 5.75 Å². The number of methoxy groups -OCH3 is 1. The zero-order valence-electron chi connectivity index (χ0n) is 7.34. The third-order valence-electron chi connectivity index (χ3n) is 1.59. The van der Waals surface area contributed by atoms with Crippen molar-refractivity contribution in [2.24, 2.45) is 0 Å². The topological polar surface area (TPSA) is 49.7 Å². The summed E-state index contributed by atoms with van der Waals surface area (Å²) in [6.07, 6.45) is 1.60. The second-order valence-corrected chi connectivity index (χ2v) is 2.51. The summed E-state index contributed by atoms with van der Waals surface area (Å²) in [5, 5.41) is 17.2. The van der Waals surface area contributed by atoms with Crippen molar-refractivity contribution in [2.75, 3.05) is 7.11 Å². The molecule has 0 fully saturated rings. The van der Waals surface area contributed by atoms with E-state index in [-0.39, 0.29) is 0 Å². The second-order valence-electron chi connectivity index (χ2n) is 2.51. The maximum atomic E-state index is 8.61. The molecule has 0 bridgehead atoms. The first-order valence-electron chi connectivity index (χ1n) is 3.91. The molecule has 0 saturated heterocycles. The van der Waals surface area contributed by atoms with E-state index in [0.717, 1.165) is 5.56 Å². The number of benzene rings is 1. The van der Waals surface area contributed by atoms with Crippen LogP contribution in [0.2, 0.25) is 0 Å². The van der Waals surface area contributed by atoms with E-state index in [9.17, 15) is 0 Å². The van der Waals surface area contributed by atoms with Gasteiger partial charge < -0.3 is 14.8 Å². The molecule has 0 aliphatic rings. The van der Waals surface area contributed by atoms with Crippen LogP contribution >= 0.6 is 0 Å². The Kier molecular flexibility index (Phi) is 3.55. The molecule has 0 amide bonds. The number of rotatable bonds is 3. The number of para-hydroxylation sites is 1. The molecule has 3 nitrogen and oxygen atoms in total. The summed E-state index contributed by atoms with van der Waals surface area (Å²) >= 11 is 0. The highest BCUT2D eigenvalue weighted by Crippen LogP contribution is 2.18. The van der Waals surface area contributed by atoms with Gasteiger partial charge in [0.15, 0.2) is 0 Å². The summed E-state index contributed by atoms with van der Waals surface area (Å²) in [4.78, 5) is 0. The Labute approximate surface area is 77.4 Å². The van der Waals surface area contributed by atoms with Crippen molar-refractivity contribution < 1.29 is 14.8 Å². The van der Waals surface area contributed by atoms with Crippen molar-refractivity contribution in [3.05, 3.63) is 35.8 Å². The molecule has 0 aromatic heterocycles. The summed E-state index contributed by atoms with van der Waals surface area (Å²) in [6.45, 7) is 0. The smallest absolute Gasteiger partial charge is 0.480 e. The molecule has 0 spiro atoms. The molecule has 1 aromatic carbocycles. The molecule has 0 aliphatic carbocycles. The van der Waals surface area contributed by atoms with Gasteiger partial charge >= 0.3 is 7.12 Å². The van der Waals surface area contributed by atoms with E-state index in [1.165, 1.54) is 5.98 Å². The van der Waals surface area contributed by atoms with Crippen molar-refractivity contribution in [1.29, 1.82) is 0 Å². The minimum absolute atomic E-state index is 0.708. The van der Waals surface area contributed by atoms with Crippen LogP contribution in [0.1, 0.15) is 5.56 Å². The fourth-order valence-electron chi connectivity index (χ4n) is 0.994. The van der Waals surface area contributed by atoms with Gasteiger partial charge in [-0.1, -0.05) is 30.3 Å². The van der Waals surface area contributed by atoms with Crippen molar-refractivity contribution in [3.63, 3.8) is 0 Å². The molecular formula is C9H11BO3. The molecule has 1 aromatic rings. The van der Waals surface area contributed by atoms with Crippen LogP contribution in [0.5, 0.6) is 5.75 Å². The Hall–Kier alpha value is -1.26. The SMILES string of the molecule is COc1ccccc1C=CB(O)O. The van der Waals surface area contributed by atoms with Crippen LogP contribution in [-0.4, -0.2) is 24.3 Å².